The van der Waals surface area contributed by atoms with E-state index in [0.717, 1.165) is 18.4 Å². The molecule has 0 saturated heterocycles. The molecule has 0 fully saturated rings. The molecule has 2 aromatic rings. The summed E-state index contributed by atoms with van der Waals surface area (Å²) < 4.78 is 13.3. The lowest BCUT2D eigenvalue weighted by atomic mass is 10.0. The zero-order valence-corrected chi connectivity index (χ0v) is 12.1. The van der Waals surface area contributed by atoms with E-state index < -0.39 is 0 Å². The van der Waals surface area contributed by atoms with E-state index in [2.05, 4.69) is 43.4 Å². The summed E-state index contributed by atoms with van der Waals surface area (Å²) in [6.07, 6.45) is 1.93. The van der Waals surface area contributed by atoms with Gasteiger partial charge in [-0.05, 0) is 43.0 Å². The molecule has 2 atom stereocenters. The van der Waals surface area contributed by atoms with Crippen LogP contribution in [0.4, 0.5) is 4.39 Å². The van der Waals surface area contributed by atoms with Gasteiger partial charge in [0.1, 0.15) is 5.82 Å². The Morgan fingerprint density at radius 3 is 2.45 bits per heavy atom. The Kier molecular flexibility index (Phi) is 5.31. The fourth-order valence-electron chi connectivity index (χ4n) is 2.54. The molecule has 0 heterocycles. The molecule has 0 amide bonds. The first-order chi connectivity index (χ1) is 9.69. The standard InChI is InChI=1S/C18H22FN/c1-3-18(16-10-7-11-17(19)13-16)20-14(2)12-15-8-5-4-6-9-15/h4-11,13-14,18,20H,3,12H2,1-2H3. The summed E-state index contributed by atoms with van der Waals surface area (Å²) in [5.74, 6) is -0.168. The average Bonchev–Trinajstić information content (AvgIpc) is 2.46. The Morgan fingerprint density at radius 2 is 1.80 bits per heavy atom. The lowest BCUT2D eigenvalue weighted by Crippen LogP contribution is -2.32. The lowest BCUT2D eigenvalue weighted by molar-refractivity contribution is 0.442. The summed E-state index contributed by atoms with van der Waals surface area (Å²) in [5.41, 5.74) is 2.34. The van der Waals surface area contributed by atoms with Gasteiger partial charge >= 0.3 is 0 Å². The van der Waals surface area contributed by atoms with Crippen LogP contribution in [0.1, 0.15) is 37.4 Å². The van der Waals surface area contributed by atoms with Crippen molar-refractivity contribution in [3.8, 4) is 0 Å². The number of nitrogens with one attached hydrogen (secondary N) is 1. The second kappa shape index (κ2) is 7.20. The summed E-state index contributed by atoms with van der Waals surface area (Å²) in [7, 11) is 0. The fourth-order valence-corrected chi connectivity index (χ4v) is 2.54. The highest BCUT2D eigenvalue weighted by atomic mass is 19.1. The predicted octanol–water partition coefficient (Wildman–Crippen LogP) is 4.50. The van der Waals surface area contributed by atoms with E-state index in [1.165, 1.54) is 11.6 Å². The normalized spacial score (nSPS) is 13.9. The van der Waals surface area contributed by atoms with E-state index in [1.54, 1.807) is 12.1 Å². The molecule has 0 radical (unpaired) electrons. The maximum atomic E-state index is 13.3. The molecular weight excluding hydrogens is 249 g/mol. The summed E-state index contributed by atoms with van der Waals surface area (Å²) in [6, 6.07) is 17.9. The predicted molar refractivity (Wildman–Crippen MR) is 82.2 cm³/mol. The minimum atomic E-state index is -0.168. The Morgan fingerprint density at radius 1 is 1.05 bits per heavy atom. The first-order valence-corrected chi connectivity index (χ1v) is 7.24. The van der Waals surface area contributed by atoms with Gasteiger partial charge in [0.2, 0.25) is 0 Å². The van der Waals surface area contributed by atoms with Crippen LogP contribution in [0.2, 0.25) is 0 Å². The molecule has 0 saturated carbocycles. The van der Waals surface area contributed by atoms with E-state index in [0.29, 0.717) is 6.04 Å². The number of halogens is 1. The molecule has 1 N–H and O–H groups in total. The largest absolute Gasteiger partial charge is 0.307 e. The van der Waals surface area contributed by atoms with Crippen molar-refractivity contribution in [3.05, 3.63) is 71.5 Å². The third-order valence-electron chi connectivity index (χ3n) is 3.53. The van der Waals surface area contributed by atoms with Crippen LogP contribution in [0.25, 0.3) is 0 Å². The van der Waals surface area contributed by atoms with Gasteiger partial charge in [-0.15, -0.1) is 0 Å². The second-order valence-corrected chi connectivity index (χ2v) is 5.27. The molecule has 0 aliphatic rings. The minimum Gasteiger partial charge on any atom is -0.307 e. The monoisotopic (exact) mass is 271 g/mol. The Hall–Kier alpha value is -1.67. The molecule has 1 nitrogen and oxygen atoms in total. The van der Waals surface area contributed by atoms with E-state index in [1.807, 2.05) is 12.1 Å². The van der Waals surface area contributed by atoms with Crippen molar-refractivity contribution >= 4 is 0 Å². The van der Waals surface area contributed by atoms with Crippen molar-refractivity contribution in [1.29, 1.82) is 0 Å². The van der Waals surface area contributed by atoms with Crippen molar-refractivity contribution in [2.75, 3.05) is 0 Å². The zero-order chi connectivity index (χ0) is 14.4. The van der Waals surface area contributed by atoms with Gasteiger partial charge in [-0.2, -0.15) is 0 Å². The van der Waals surface area contributed by atoms with Crippen molar-refractivity contribution in [3.63, 3.8) is 0 Å². The van der Waals surface area contributed by atoms with Gasteiger partial charge in [0.25, 0.3) is 0 Å². The number of rotatable bonds is 6. The Bertz CT molecular complexity index is 524. The molecular formula is C18H22FN. The van der Waals surface area contributed by atoms with Crippen molar-refractivity contribution in [2.24, 2.45) is 0 Å². The molecule has 20 heavy (non-hydrogen) atoms. The quantitative estimate of drug-likeness (QED) is 0.815. The van der Waals surface area contributed by atoms with Crippen LogP contribution in [0, 0.1) is 5.82 Å². The molecule has 2 rings (SSSR count). The van der Waals surface area contributed by atoms with Crippen LogP contribution < -0.4 is 5.32 Å². The second-order valence-electron chi connectivity index (χ2n) is 5.27. The highest BCUT2D eigenvalue weighted by molar-refractivity contribution is 5.21. The highest BCUT2D eigenvalue weighted by Crippen LogP contribution is 2.19. The maximum absolute atomic E-state index is 13.3. The van der Waals surface area contributed by atoms with Gasteiger partial charge in [-0.25, -0.2) is 4.39 Å². The van der Waals surface area contributed by atoms with Gasteiger partial charge in [0, 0.05) is 12.1 Å². The van der Waals surface area contributed by atoms with E-state index in [-0.39, 0.29) is 11.9 Å². The number of benzene rings is 2. The molecule has 2 heteroatoms. The molecule has 106 valence electrons. The van der Waals surface area contributed by atoms with Gasteiger partial charge in [0.15, 0.2) is 0 Å². The summed E-state index contributed by atoms with van der Waals surface area (Å²) in [4.78, 5) is 0. The minimum absolute atomic E-state index is 0.168. The van der Waals surface area contributed by atoms with Gasteiger partial charge < -0.3 is 5.32 Å². The van der Waals surface area contributed by atoms with Crippen LogP contribution in [0.3, 0.4) is 0 Å². The number of hydrogen-bond donors (Lipinski definition) is 1. The molecule has 0 aliphatic carbocycles. The molecule has 2 unspecified atom stereocenters. The SMILES string of the molecule is CCC(NC(C)Cc1ccccc1)c1cccc(F)c1. The van der Waals surface area contributed by atoms with E-state index in [9.17, 15) is 4.39 Å². The van der Waals surface area contributed by atoms with Crippen LogP contribution in [-0.2, 0) is 6.42 Å². The third-order valence-corrected chi connectivity index (χ3v) is 3.53. The first kappa shape index (κ1) is 14.7. The van der Waals surface area contributed by atoms with Gasteiger partial charge in [-0.3, -0.25) is 0 Å². The van der Waals surface area contributed by atoms with Crippen molar-refractivity contribution in [1.82, 2.24) is 5.32 Å². The summed E-state index contributed by atoms with van der Waals surface area (Å²) in [6.45, 7) is 4.30. The zero-order valence-electron chi connectivity index (χ0n) is 12.1. The molecule has 0 bridgehead atoms. The topological polar surface area (TPSA) is 12.0 Å². The summed E-state index contributed by atoms with van der Waals surface area (Å²) >= 11 is 0. The third kappa shape index (κ3) is 4.17. The smallest absolute Gasteiger partial charge is 0.123 e. The van der Waals surface area contributed by atoms with Crippen LogP contribution in [0.15, 0.2) is 54.6 Å². The maximum Gasteiger partial charge on any atom is 0.123 e. The van der Waals surface area contributed by atoms with Gasteiger partial charge in [0.05, 0.1) is 0 Å². The van der Waals surface area contributed by atoms with Crippen molar-refractivity contribution in [2.45, 2.75) is 38.8 Å². The Labute approximate surface area is 120 Å². The lowest BCUT2D eigenvalue weighted by Gasteiger charge is -2.23. The van der Waals surface area contributed by atoms with E-state index in [4.69, 9.17) is 0 Å². The van der Waals surface area contributed by atoms with Crippen LogP contribution in [0.5, 0.6) is 0 Å². The molecule has 0 aliphatic heterocycles. The van der Waals surface area contributed by atoms with Crippen molar-refractivity contribution < 1.29 is 4.39 Å². The number of hydrogen-bond acceptors (Lipinski definition) is 1. The van der Waals surface area contributed by atoms with Crippen LogP contribution >= 0.6 is 0 Å². The van der Waals surface area contributed by atoms with Gasteiger partial charge in [-0.1, -0.05) is 49.4 Å². The Balaban J connectivity index is 1.99. The summed E-state index contributed by atoms with van der Waals surface area (Å²) in [5, 5.41) is 3.59. The average molecular weight is 271 g/mol. The van der Waals surface area contributed by atoms with E-state index >= 15 is 0 Å². The molecule has 2 aromatic carbocycles. The molecule has 0 aromatic heterocycles. The highest BCUT2D eigenvalue weighted by Gasteiger charge is 2.13. The fraction of sp³-hybridized carbons (Fsp3) is 0.333. The first-order valence-electron chi connectivity index (χ1n) is 7.24. The molecule has 0 spiro atoms. The van der Waals surface area contributed by atoms with Crippen LogP contribution in [-0.4, -0.2) is 6.04 Å².